The van der Waals surface area contributed by atoms with Gasteiger partial charge < -0.3 is 15.0 Å². The highest BCUT2D eigenvalue weighted by Gasteiger charge is 2.30. The van der Waals surface area contributed by atoms with Crippen molar-refractivity contribution in [2.75, 3.05) is 37.8 Å². The van der Waals surface area contributed by atoms with E-state index in [2.05, 4.69) is 35.5 Å². The molecule has 46 heavy (non-hydrogen) atoms. The average molecular weight is 655 g/mol. The Kier molecular flexibility index (Phi) is 9.97. The second-order valence-corrected chi connectivity index (χ2v) is 13.1. The van der Waals surface area contributed by atoms with E-state index in [-0.39, 0.29) is 12.5 Å². The fraction of sp³-hybridized carbons (Fsp3) is 0.406. The van der Waals surface area contributed by atoms with Gasteiger partial charge in [0.15, 0.2) is 5.65 Å². The fourth-order valence-corrected chi connectivity index (χ4v) is 6.82. The molecule has 2 aliphatic rings. The summed E-state index contributed by atoms with van der Waals surface area (Å²) in [5, 5.41) is 12.0. The maximum absolute atomic E-state index is 13.5. The summed E-state index contributed by atoms with van der Waals surface area (Å²) in [6, 6.07) is 7.87. The van der Waals surface area contributed by atoms with Crippen LogP contribution in [-0.4, -0.2) is 98.1 Å². The van der Waals surface area contributed by atoms with Crippen LogP contribution in [-0.2, 0) is 11.3 Å². The van der Waals surface area contributed by atoms with Crippen LogP contribution >= 0.6 is 21.0 Å². The molecular weight excluding hydrogens is 618 g/mol. The number of rotatable bonds is 9. The zero-order valence-corrected chi connectivity index (χ0v) is 27.7. The Morgan fingerprint density at radius 3 is 2.85 bits per heavy atom. The Balaban J connectivity index is 1.24. The number of carbonyl (C=O) groups excluding carboxylic acids is 2. The van der Waals surface area contributed by atoms with E-state index >= 15 is 0 Å². The van der Waals surface area contributed by atoms with E-state index in [9.17, 15) is 9.59 Å². The SMILES string of the molecule is [B]C(P)Oc1ccc(SC)cc1-c1nn(CC(=O)N2CCC(N3CCCC(C#C)C3)CC2)cc1NC(=O)c1cnn2cccnc12. The van der Waals surface area contributed by atoms with Crippen LogP contribution in [0.25, 0.3) is 16.9 Å². The molecule has 1 N–H and O–H groups in total. The number of terminal acetylenes is 1. The molecule has 6 rings (SSSR count). The zero-order chi connectivity index (χ0) is 32.2. The van der Waals surface area contributed by atoms with Crippen LogP contribution in [0.15, 0.2) is 53.9 Å². The predicted octanol–water partition coefficient (Wildman–Crippen LogP) is 3.61. The first kappa shape index (κ1) is 32.1. The van der Waals surface area contributed by atoms with Gasteiger partial charge in [0.2, 0.25) is 5.91 Å². The summed E-state index contributed by atoms with van der Waals surface area (Å²) in [6.45, 7) is 3.39. The van der Waals surface area contributed by atoms with E-state index in [0.717, 1.165) is 43.7 Å². The first-order chi connectivity index (χ1) is 22.3. The normalized spacial score (nSPS) is 18.3. The number of hydrogen-bond acceptors (Lipinski definition) is 8. The zero-order valence-electron chi connectivity index (χ0n) is 25.7. The molecule has 0 saturated carbocycles. The maximum Gasteiger partial charge on any atom is 0.261 e. The van der Waals surface area contributed by atoms with Crippen molar-refractivity contribution < 1.29 is 14.3 Å². The second kappa shape index (κ2) is 14.3. The highest BCUT2D eigenvalue weighted by molar-refractivity contribution is 7.98. The van der Waals surface area contributed by atoms with Gasteiger partial charge in [-0.25, -0.2) is 9.50 Å². The molecule has 2 saturated heterocycles. The van der Waals surface area contributed by atoms with Crippen molar-refractivity contribution in [3.63, 3.8) is 0 Å². The molecule has 3 unspecified atom stereocenters. The van der Waals surface area contributed by atoms with Crippen LogP contribution in [0.4, 0.5) is 5.69 Å². The summed E-state index contributed by atoms with van der Waals surface area (Å²) < 4.78 is 9.02. The van der Waals surface area contributed by atoms with Gasteiger partial charge in [-0.15, -0.1) is 33.3 Å². The molecule has 11 nitrogen and oxygen atoms in total. The van der Waals surface area contributed by atoms with Gasteiger partial charge in [-0.3, -0.25) is 19.2 Å². The molecule has 2 radical (unpaired) electrons. The van der Waals surface area contributed by atoms with Crippen molar-refractivity contribution >= 4 is 52.0 Å². The maximum atomic E-state index is 13.5. The van der Waals surface area contributed by atoms with Gasteiger partial charge in [-0.05, 0) is 62.7 Å². The van der Waals surface area contributed by atoms with Gasteiger partial charge in [0, 0.05) is 60.6 Å². The Morgan fingerprint density at radius 2 is 2.09 bits per heavy atom. The number of aromatic nitrogens is 5. The van der Waals surface area contributed by atoms with E-state index in [4.69, 9.17) is 24.1 Å². The number of anilines is 1. The number of hydrogen-bond donors (Lipinski definition) is 1. The number of ether oxygens (including phenoxy) is 1. The summed E-state index contributed by atoms with van der Waals surface area (Å²) in [5.41, 5.74) is 2.24. The minimum absolute atomic E-state index is 0.0240. The highest BCUT2D eigenvalue weighted by Crippen LogP contribution is 2.38. The predicted molar refractivity (Wildman–Crippen MR) is 183 cm³/mol. The highest BCUT2D eigenvalue weighted by atomic mass is 32.2. The number of likely N-dealkylation sites (tertiary alicyclic amines) is 2. The molecule has 14 heteroatoms. The average Bonchev–Trinajstić information content (AvgIpc) is 3.68. The van der Waals surface area contributed by atoms with Crippen molar-refractivity contribution in [3.05, 3.63) is 54.6 Å². The molecule has 3 aromatic heterocycles. The molecule has 3 atom stereocenters. The Morgan fingerprint density at radius 1 is 1.26 bits per heavy atom. The lowest BCUT2D eigenvalue weighted by Crippen LogP contribution is -2.50. The van der Waals surface area contributed by atoms with Crippen LogP contribution in [0.1, 0.15) is 36.0 Å². The molecule has 5 heterocycles. The molecule has 0 bridgehead atoms. The third-order valence-electron chi connectivity index (χ3n) is 8.56. The number of amides is 2. The standard InChI is InChI=1S/C32H36BN8O3PS/c1-3-21-6-4-12-39(18-21)22-9-14-38(15-10-22)28(42)20-40-19-26(36-31(43)25-17-35-41-13-5-11-34-30(25)41)29(37-40)24-16-23(46-2)7-8-27(24)44-32(33)45/h1,5,7-8,11,13,16-17,19,21-22,32H,4,6,9-10,12,14-15,18,20,45H2,2H3,(H,36,43). The molecule has 0 spiro atoms. The molecule has 2 fully saturated rings. The molecule has 0 aliphatic carbocycles. The number of fused-ring (bicyclic) bond motifs is 1. The van der Waals surface area contributed by atoms with Gasteiger partial charge in [-0.1, -0.05) is 0 Å². The van der Waals surface area contributed by atoms with Gasteiger partial charge in [0.25, 0.3) is 5.91 Å². The van der Waals surface area contributed by atoms with Crippen LogP contribution < -0.4 is 10.1 Å². The molecule has 2 amide bonds. The largest absolute Gasteiger partial charge is 0.496 e. The van der Waals surface area contributed by atoms with E-state index in [0.29, 0.717) is 59.0 Å². The number of thioether (sulfide) groups is 1. The molecule has 4 aromatic rings. The van der Waals surface area contributed by atoms with Crippen molar-refractivity contribution in [1.29, 1.82) is 0 Å². The van der Waals surface area contributed by atoms with Crippen LogP contribution in [0.5, 0.6) is 5.75 Å². The minimum Gasteiger partial charge on any atom is -0.496 e. The lowest BCUT2D eigenvalue weighted by molar-refractivity contribution is -0.133. The van der Waals surface area contributed by atoms with Crippen molar-refractivity contribution in [2.45, 2.75) is 48.9 Å². The first-order valence-corrected chi connectivity index (χ1v) is 17.2. The van der Waals surface area contributed by atoms with E-state index in [1.165, 1.54) is 10.7 Å². The van der Waals surface area contributed by atoms with E-state index < -0.39 is 11.7 Å². The lowest BCUT2D eigenvalue weighted by Gasteiger charge is -2.41. The number of piperidine rings is 2. The van der Waals surface area contributed by atoms with Crippen LogP contribution in [0, 0.1) is 18.3 Å². The van der Waals surface area contributed by atoms with Crippen molar-refractivity contribution in [1.82, 2.24) is 34.2 Å². The van der Waals surface area contributed by atoms with Gasteiger partial charge in [0.1, 0.15) is 31.4 Å². The Labute approximate surface area is 276 Å². The molecule has 1 aromatic carbocycles. The molecule has 2 aliphatic heterocycles. The van der Waals surface area contributed by atoms with Crippen molar-refractivity contribution in [2.24, 2.45) is 5.92 Å². The van der Waals surface area contributed by atoms with Gasteiger partial charge >= 0.3 is 0 Å². The summed E-state index contributed by atoms with van der Waals surface area (Å²) in [6.07, 6.45) is 18.2. The van der Waals surface area contributed by atoms with Gasteiger partial charge in [0.05, 0.1) is 17.6 Å². The summed E-state index contributed by atoms with van der Waals surface area (Å²) in [5.74, 6) is 2.65. The number of nitrogens with one attached hydrogen (secondary N) is 1. The third kappa shape index (κ3) is 7.09. The monoisotopic (exact) mass is 654 g/mol. The first-order valence-electron chi connectivity index (χ1n) is 15.3. The van der Waals surface area contributed by atoms with Crippen LogP contribution in [0.2, 0.25) is 0 Å². The summed E-state index contributed by atoms with van der Waals surface area (Å²) >= 11 is 1.57. The van der Waals surface area contributed by atoms with Gasteiger partial charge in [-0.2, -0.15) is 10.2 Å². The quantitative estimate of drug-likeness (QED) is 0.126. The Bertz CT molecular complexity index is 1760. The number of carbonyl (C=O) groups is 2. The smallest absolute Gasteiger partial charge is 0.261 e. The lowest BCUT2D eigenvalue weighted by atomic mass is 9.94. The summed E-state index contributed by atoms with van der Waals surface area (Å²) in [7, 11) is 8.38. The number of nitrogens with zero attached hydrogens (tertiary/aromatic N) is 7. The van der Waals surface area contributed by atoms with Crippen molar-refractivity contribution in [3.8, 4) is 29.4 Å². The van der Waals surface area contributed by atoms with E-state index in [1.807, 2.05) is 29.4 Å². The third-order valence-corrected chi connectivity index (χ3v) is 9.42. The van der Waals surface area contributed by atoms with E-state index in [1.54, 1.807) is 41.1 Å². The summed E-state index contributed by atoms with van der Waals surface area (Å²) in [4.78, 5) is 36.8. The van der Waals surface area contributed by atoms with Crippen LogP contribution in [0.3, 0.4) is 0 Å². The Hall–Kier alpha value is -3.85. The fourth-order valence-electron chi connectivity index (χ4n) is 6.23. The molecular formula is C32H36BN8O3PS. The second-order valence-electron chi connectivity index (χ2n) is 11.5. The molecule has 236 valence electrons. The number of benzene rings is 1. The topological polar surface area (TPSA) is 110 Å². The minimum atomic E-state index is -0.657.